The van der Waals surface area contributed by atoms with Crippen LogP contribution in [0.1, 0.15) is 36.9 Å². The van der Waals surface area contributed by atoms with Crippen molar-refractivity contribution >= 4 is 5.95 Å². The van der Waals surface area contributed by atoms with E-state index in [2.05, 4.69) is 15.2 Å². The van der Waals surface area contributed by atoms with Gasteiger partial charge in [0, 0.05) is 25.2 Å². The summed E-state index contributed by atoms with van der Waals surface area (Å²) >= 11 is 0. The van der Waals surface area contributed by atoms with Gasteiger partial charge >= 0.3 is 0 Å². The lowest BCUT2D eigenvalue weighted by Crippen LogP contribution is -2.30. The summed E-state index contributed by atoms with van der Waals surface area (Å²) in [6.45, 7) is 3.94. The molecule has 0 unspecified atom stereocenters. The minimum atomic E-state index is 0.769. The molecule has 1 N–H and O–H groups in total. The minimum Gasteiger partial charge on any atom is -0.481 e. The third-order valence-corrected chi connectivity index (χ3v) is 3.97. The molecule has 5 heteroatoms. The number of rotatable bonds is 2. The highest BCUT2D eigenvalue weighted by molar-refractivity contribution is 5.41. The van der Waals surface area contributed by atoms with Crippen LogP contribution in [0, 0.1) is 0 Å². The van der Waals surface area contributed by atoms with Crippen molar-refractivity contribution in [2.24, 2.45) is 0 Å². The molecule has 1 saturated heterocycles. The van der Waals surface area contributed by atoms with E-state index in [4.69, 9.17) is 9.72 Å². The van der Waals surface area contributed by atoms with Crippen LogP contribution >= 0.6 is 0 Å². The maximum absolute atomic E-state index is 5.47. The molecule has 3 heterocycles. The van der Waals surface area contributed by atoms with Gasteiger partial charge in [-0.3, -0.25) is 0 Å². The lowest BCUT2D eigenvalue weighted by Gasteiger charge is -2.24. The Balaban J connectivity index is 1.92. The highest BCUT2D eigenvalue weighted by Gasteiger charge is 2.21. The zero-order valence-corrected chi connectivity index (χ0v) is 11.6. The monoisotopic (exact) mass is 262 g/mol. The maximum Gasteiger partial charge on any atom is 0.228 e. The normalized spacial score (nSPS) is 19.7. The molecule has 0 aromatic carbocycles. The number of nitrogens with one attached hydrogen (secondary N) is 1. The Kier molecular flexibility index (Phi) is 3.82. The predicted molar refractivity (Wildman–Crippen MR) is 74.7 cm³/mol. The Morgan fingerprint density at radius 1 is 1.11 bits per heavy atom. The van der Waals surface area contributed by atoms with Gasteiger partial charge in [-0.05, 0) is 25.8 Å². The number of fused-ring (bicyclic) bond motifs is 1. The number of hydrogen-bond donors (Lipinski definition) is 1. The molecule has 5 nitrogen and oxygen atoms in total. The second-order valence-electron chi connectivity index (χ2n) is 5.29. The highest BCUT2D eigenvalue weighted by Crippen LogP contribution is 2.26. The van der Waals surface area contributed by atoms with Gasteiger partial charge in [-0.1, -0.05) is 12.8 Å². The van der Waals surface area contributed by atoms with Gasteiger partial charge in [-0.15, -0.1) is 0 Å². The molecule has 0 spiro atoms. The minimum absolute atomic E-state index is 0.769. The average Bonchev–Trinajstić information content (AvgIpc) is 2.75. The van der Waals surface area contributed by atoms with E-state index < -0.39 is 0 Å². The zero-order chi connectivity index (χ0) is 13.1. The van der Waals surface area contributed by atoms with Gasteiger partial charge in [0.05, 0.1) is 12.8 Å². The standard InChI is InChI=1S/C14H22N4O/c1-19-13-11-6-7-15-10-12(11)16-14(17-13)18-8-4-2-3-5-9-18/h15H,2-10H2,1H3. The summed E-state index contributed by atoms with van der Waals surface area (Å²) in [7, 11) is 1.71. The molecule has 0 radical (unpaired) electrons. The number of nitrogens with zero attached hydrogens (tertiary/aromatic N) is 3. The predicted octanol–water partition coefficient (Wildman–Crippen LogP) is 1.51. The van der Waals surface area contributed by atoms with Crippen molar-refractivity contribution in [2.75, 3.05) is 31.6 Å². The second-order valence-corrected chi connectivity index (χ2v) is 5.29. The summed E-state index contributed by atoms with van der Waals surface area (Å²) < 4.78 is 5.47. The first-order valence-corrected chi connectivity index (χ1v) is 7.28. The van der Waals surface area contributed by atoms with Crippen LogP contribution < -0.4 is 15.0 Å². The molecule has 1 fully saturated rings. The van der Waals surface area contributed by atoms with Crippen molar-refractivity contribution < 1.29 is 4.74 Å². The molecule has 0 bridgehead atoms. The van der Waals surface area contributed by atoms with E-state index in [-0.39, 0.29) is 0 Å². The molecule has 1 aromatic rings. The summed E-state index contributed by atoms with van der Waals surface area (Å²) in [6.07, 6.45) is 6.07. The van der Waals surface area contributed by atoms with Gasteiger partial charge in [0.25, 0.3) is 0 Å². The molecule has 0 saturated carbocycles. The molecule has 0 aliphatic carbocycles. The van der Waals surface area contributed by atoms with E-state index >= 15 is 0 Å². The molecule has 0 atom stereocenters. The van der Waals surface area contributed by atoms with Crippen LogP contribution in [0.25, 0.3) is 0 Å². The van der Waals surface area contributed by atoms with E-state index in [9.17, 15) is 0 Å². The van der Waals surface area contributed by atoms with Crippen LogP contribution in [-0.4, -0.2) is 36.7 Å². The lowest BCUT2D eigenvalue weighted by molar-refractivity contribution is 0.386. The topological polar surface area (TPSA) is 50.3 Å². The van der Waals surface area contributed by atoms with Gasteiger partial charge in [0.2, 0.25) is 11.8 Å². The lowest BCUT2D eigenvalue weighted by atomic mass is 10.1. The van der Waals surface area contributed by atoms with Gasteiger partial charge in [0.1, 0.15) is 0 Å². The van der Waals surface area contributed by atoms with E-state index in [1.807, 2.05) is 0 Å². The van der Waals surface area contributed by atoms with Gasteiger partial charge in [0.15, 0.2) is 0 Å². The SMILES string of the molecule is COc1nc(N2CCCCCC2)nc2c1CCNC2. The Morgan fingerprint density at radius 3 is 2.63 bits per heavy atom. The number of methoxy groups -OCH3 is 1. The fraction of sp³-hybridized carbons (Fsp3) is 0.714. The van der Waals surface area contributed by atoms with E-state index in [0.29, 0.717) is 0 Å². The van der Waals surface area contributed by atoms with Crippen molar-refractivity contribution in [3.8, 4) is 5.88 Å². The van der Waals surface area contributed by atoms with E-state index in [1.165, 1.54) is 31.2 Å². The quantitative estimate of drug-likeness (QED) is 0.875. The molecular weight excluding hydrogens is 240 g/mol. The summed E-state index contributed by atoms with van der Waals surface area (Å²) in [4.78, 5) is 11.7. The Morgan fingerprint density at radius 2 is 1.89 bits per heavy atom. The van der Waals surface area contributed by atoms with Gasteiger partial charge in [-0.25, -0.2) is 4.98 Å². The maximum atomic E-state index is 5.47. The van der Waals surface area contributed by atoms with Crippen LogP contribution in [0.3, 0.4) is 0 Å². The van der Waals surface area contributed by atoms with E-state index in [0.717, 1.165) is 50.1 Å². The molecule has 0 amide bonds. The summed E-state index contributed by atoms with van der Waals surface area (Å²) in [5.41, 5.74) is 2.29. The summed E-state index contributed by atoms with van der Waals surface area (Å²) in [6, 6.07) is 0. The molecule has 19 heavy (non-hydrogen) atoms. The molecule has 2 aliphatic rings. The Labute approximate surface area is 114 Å². The molecule has 1 aromatic heterocycles. The fourth-order valence-corrected chi connectivity index (χ4v) is 2.89. The molecular formula is C14H22N4O. The van der Waals surface area contributed by atoms with Crippen LogP contribution in [0.5, 0.6) is 5.88 Å². The van der Waals surface area contributed by atoms with Crippen LogP contribution in [0.2, 0.25) is 0 Å². The Bertz CT molecular complexity index is 424. The first kappa shape index (κ1) is 12.7. The average molecular weight is 262 g/mol. The summed E-state index contributed by atoms with van der Waals surface area (Å²) in [5.74, 6) is 1.62. The first-order valence-electron chi connectivity index (χ1n) is 7.28. The Hall–Kier alpha value is -1.36. The van der Waals surface area contributed by atoms with Crippen LogP contribution in [0.4, 0.5) is 5.95 Å². The molecule has 104 valence electrons. The van der Waals surface area contributed by atoms with Gasteiger partial charge in [-0.2, -0.15) is 4.98 Å². The number of ether oxygens (including phenoxy) is 1. The fourth-order valence-electron chi connectivity index (χ4n) is 2.89. The highest BCUT2D eigenvalue weighted by atomic mass is 16.5. The summed E-state index contributed by atoms with van der Waals surface area (Å²) in [5, 5.41) is 3.37. The second kappa shape index (κ2) is 5.74. The van der Waals surface area contributed by atoms with Crippen molar-refractivity contribution in [1.82, 2.24) is 15.3 Å². The first-order chi connectivity index (χ1) is 9.38. The third kappa shape index (κ3) is 2.66. The number of hydrogen-bond acceptors (Lipinski definition) is 5. The third-order valence-electron chi connectivity index (χ3n) is 3.97. The smallest absolute Gasteiger partial charge is 0.228 e. The van der Waals surface area contributed by atoms with Crippen molar-refractivity contribution in [3.05, 3.63) is 11.3 Å². The molecule has 3 rings (SSSR count). The van der Waals surface area contributed by atoms with Crippen LogP contribution in [-0.2, 0) is 13.0 Å². The van der Waals surface area contributed by atoms with Crippen LogP contribution in [0.15, 0.2) is 0 Å². The largest absolute Gasteiger partial charge is 0.481 e. The van der Waals surface area contributed by atoms with Crippen molar-refractivity contribution in [1.29, 1.82) is 0 Å². The number of anilines is 1. The molecule has 2 aliphatic heterocycles. The van der Waals surface area contributed by atoms with Gasteiger partial charge < -0.3 is 15.0 Å². The number of aromatic nitrogens is 2. The van der Waals surface area contributed by atoms with E-state index in [1.54, 1.807) is 7.11 Å². The zero-order valence-electron chi connectivity index (χ0n) is 11.6. The van der Waals surface area contributed by atoms with Crippen molar-refractivity contribution in [2.45, 2.75) is 38.6 Å². The van der Waals surface area contributed by atoms with Crippen molar-refractivity contribution in [3.63, 3.8) is 0 Å².